The Morgan fingerprint density at radius 2 is 2.16 bits per heavy atom. The van der Waals surface area contributed by atoms with E-state index in [2.05, 4.69) is 12.1 Å². The molecule has 19 heavy (non-hydrogen) atoms. The van der Waals surface area contributed by atoms with Crippen LogP contribution in [-0.2, 0) is 11.2 Å². The van der Waals surface area contributed by atoms with Gasteiger partial charge in [0.05, 0.1) is 11.4 Å². The zero-order valence-electron chi connectivity index (χ0n) is 11.2. The molecule has 0 spiro atoms. The molecule has 100 valence electrons. The van der Waals surface area contributed by atoms with Crippen molar-refractivity contribution in [3.05, 3.63) is 35.4 Å². The van der Waals surface area contributed by atoms with Crippen LogP contribution in [0.2, 0.25) is 0 Å². The molecule has 0 fully saturated rings. The Morgan fingerprint density at radius 3 is 2.95 bits per heavy atom. The molecule has 0 radical (unpaired) electrons. The van der Waals surface area contributed by atoms with E-state index in [0.29, 0.717) is 6.42 Å². The van der Waals surface area contributed by atoms with E-state index in [1.807, 2.05) is 17.0 Å². The van der Waals surface area contributed by atoms with Gasteiger partial charge in [0.2, 0.25) is 5.91 Å². The van der Waals surface area contributed by atoms with Crippen LogP contribution in [0.1, 0.15) is 37.7 Å². The zero-order valence-corrected chi connectivity index (χ0v) is 11.2. The Labute approximate surface area is 114 Å². The Hall–Kier alpha value is -1.77. The molecule has 0 saturated heterocycles. The van der Waals surface area contributed by atoms with Crippen LogP contribution in [-0.4, -0.2) is 12.5 Å². The summed E-state index contributed by atoms with van der Waals surface area (Å²) in [7, 11) is 0. The summed E-state index contributed by atoms with van der Waals surface area (Å²) in [4.78, 5) is 14.3. The number of carbonyl (C=O) groups excluding carboxylic acids is 1. The lowest BCUT2D eigenvalue weighted by molar-refractivity contribution is -0.117. The second kappa shape index (κ2) is 5.08. The molecule has 0 saturated carbocycles. The first kappa shape index (κ1) is 12.3. The summed E-state index contributed by atoms with van der Waals surface area (Å²) in [6.07, 6.45) is 8.42. The number of fused-ring (bicyclic) bond motifs is 1. The number of nitrogens with zero attached hydrogens (tertiary/aromatic N) is 1. The van der Waals surface area contributed by atoms with Crippen LogP contribution in [0, 0.1) is 0 Å². The van der Waals surface area contributed by atoms with Crippen molar-refractivity contribution in [3.8, 4) is 0 Å². The van der Waals surface area contributed by atoms with Crippen molar-refractivity contribution in [1.82, 2.24) is 0 Å². The number of anilines is 2. The lowest BCUT2D eigenvalue weighted by Crippen LogP contribution is -2.29. The molecule has 0 atom stereocenters. The zero-order chi connectivity index (χ0) is 13.2. The van der Waals surface area contributed by atoms with Crippen molar-refractivity contribution >= 4 is 17.3 Å². The predicted molar refractivity (Wildman–Crippen MR) is 78.1 cm³/mol. The molecular formula is C16H20N2O. The Balaban J connectivity index is 1.78. The van der Waals surface area contributed by atoms with Crippen molar-refractivity contribution in [1.29, 1.82) is 0 Å². The highest BCUT2D eigenvalue weighted by molar-refractivity contribution is 5.99. The molecule has 0 aromatic heterocycles. The first-order valence-electron chi connectivity index (χ1n) is 7.11. The van der Waals surface area contributed by atoms with E-state index in [-0.39, 0.29) is 5.91 Å². The van der Waals surface area contributed by atoms with Gasteiger partial charge < -0.3 is 10.6 Å². The number of nitrogens with two attached hydrogens (primary N) is 1. The van der Waals surface area contributed by atoms with Crippen LogP contribution in [0.4, 0.5) is 11.4 Å². The summed E-state index contributed by atoms with van der Waals surface area (Å²) in [5.74, 6) is 0.199. The first-order chi connectivity index (χ1) is 9.25. The second-order valence-electron chi connectivity index (χ2n) is 5.44. The van der Waals surface area contributed by atoms with Crippen LogP contribution >= 0.6 is 0 Å². The fourth-order valence-electron chi connectivity index (χ4n) is 3.09. The monoisotopic (exact) mass is 256 g/mol. The number of carbonyl (C=O) groups is 1. The van der Waals surface area contributed by atoms with Gasteiger partial charge in [0.1, 0.15) is 0 Å². The summed E-state index contributed by atoms with van der Waals surface area (Å²) in [5.41, 5.74) is 10.2. The summed E-state index contributed by atoms with van der Waals surface area (Å²) >= 11 is 0. The van der Waals surface area contributed by atoms with Crippen molar-refractivity contribution in [2.45, 2.75) is 38.5 Å². The Kier molecular flexibility index (Phi) is 3.28. The van der Waals surface area contributed by atoms with Gasteiger partial charge in [-0.25, -0.2) is 0 Å². The summed E-state index contributed by atoms with van der Waals surface area (Å²) < 4.78 is 0. The third kappa shape index (κ3) is 2.37. The fraction of sp³-hybridized carbons (Fsp3) is 0.438. The highest BCUT2D eigenvalue weighted by atomic mass is 16.2. The molecule has 0 unspecified atom stereocenters. The van der Waals surface area contributed by atoms with Crippen LogP contribution in [0.15, 0.2) is 29.8 Å². The Morgan fingerprint density at radius 1 is 1.26 bits per heavy atom. The average molecular weight is 256 g/mol. The molecule has 2 N–H and O–H groups in total. The summed E-state index contributed by atoms with van der Waals surface area (Å²) in [6.45, 7) is 0.773. The summed E-state index contributed by atoms with van der Waals surface area (Å²) in [6, 6.07) is 5.91. The number of rotatable bonds is 2. The van der Waals surface area contributed by atoms with Crippen molar-refractivity contribution < 1.29 is 4.79 Å². The molecule has 1 aliphatic heterocycles. The SMILES string of the molecule is Nc1cccc2c1N(C(=O)CC1=CCCCC1)CC2. The van der Waals surface area contributed by atoms with E-state index in [0.717, 1.165) is 37.2 Å². The van der Waals surface area contributed by atoms with Gasteiger partial charge in [0.25, 0.3) is 0 Å². The van der Waals surface area contributed by atoms with E-state index in [9.17, 15) is 4.79 Å². The van der Waals surface area contributed by atoms with Crippen LogP contribution in [0.3, 0.4) is 0 Å². The minimum absolute atomic E-state index is 0.199. The number of hydrogen-bond acceptors (Lipinski definition) is 2. The van der Waals surface area contributed by atoms with Gasteiger partial charge in [-0.3, -0.25) is 4.79 Å². The number of para-hydroxylation sites is 1. The number of allylic oxidation sites excluding steroid dienone is 1. The van der Waals surface area contributed by atoms with E-state index in [1.54, 1.807) is 0 Å². The maximum absolute atomic E-state index is 12.5. The van der Waals surface area contributed by atoms with E-state index in [4.69, 9.17) is 5.73 Å². The van der Waals surface area contributed by atoms with Gasteiger partial charge in [-0.05, 0) is 43.7 Å². The lowest BCUT2D eigenvalue weighted by Gasteiger charge is -2.21. The molecule has 2 aliphatic rings. The molecule has 1 aliphatic carbocycles. The molecule has 3 nitrogen and oxygen atoms in total. The maximum Gasteiger partial charge on any atom is 0.231 e. The Bertz CT molecular complexity index is 534. The van der Waals surface area contributed by atoms with Crippen LogP contribution in [0.5, 0.6) is 0 Å². The van der Waals surface area contributed by atoms with Crippen molar-refractivity contribution in [2.24, 2.45) is 0 Å². The van der Waals surface area contributed by atoms with Crippen molar-refractivity contribution in [3.63, 3.8) is 0 Å². The lowest BCUT2D eigenvalue weighted by atomic mass is 9.97. The highest BCUT2D eigenvalue weighted by Gasteiger charge is 2.26. The van der Waals surface area contributed by atoms with Crippen LogP contribution < -0.4 is 10.6 Å². The first-order valence-corrected chi connectivity index (χ1v) is 7.11. The summed E-state index contributed by atoms with van der Waals surface area (Å²) in [5, 5.41) is 0. The molecule has 1 aromatic rings. The van der Waals surface area contributed by atoms with Crippen molar-refractivity contribution in [2.75, 3.05) is 17.2 Å². The molecular weight excluding hydrogens is 236 g/mol. The van der Waals surface area contributed by atoms with E-state index in [1.165, 1.54) is 24.0 Å². The maximum atomic E-state index is 12.5. The van der Waals surface area contributed by atoms with Gasteiger partial charge in [-0.1, -0.05) is 23.8 Å². The quantitative estimate of drug-likeness (QED) is 0.653. The predicted octanol–water partition coefficient (Wildman–Crippen LogP) is 3.05. The molecule has 3 rings (SSSR count). The minimum atomic E-state index is 0.199. The molecule has 1 amide bonds. The molecule has 1 aromatic carbocycles. The largest absolute Gasteiger partial charge is 0.397 e. The number of nitrogen functional groups attached to an aromatic ring is 1. The van der Waals surface area contributed by atoms with E-state index >= 15 is 0 Å². The minimum Gasteiger partial charge on any atom is -0.397 e. The average Bonchev–Trinajstić information content (AvgIpc) is 2.85. The number of benzene rings is 1. The normalized spacial score (nSPS) is 18.1. The van der Waals surface area contributed by atoms with Gasteiger partial charge in [0, 0.05) is 13.0 Å². The molecule has 3 heteroatoms. The molecule has 0 bridgehead atoms. The third-order valence-electron chi connectivity index (χ3n) is 4.09. The van der Waals surface area contributed by atoms with Crippen LogP contribution in [0.25, 0.3) is 0 Å². The van der Waals surface area contributed by atoms with Gasteiger partial charge in [-0.15, -0.1) is 0 Å². The third-order valence-corrected chi connectivity index (χ3v) is 4.09. The van der Waals surface area contributed by atoms with Gasteiger partial charge >= 0.3 is 0 Å². The number of hydrogen-bond donors (Lipinski definition) is 1. The highest BCUT2D eigenvalue weighted by Crippen LogP contribution is 2.34. The van der Waals surface area contributed by atoms with Gasteiger partial charge in [0.15, 0.2) is 0 Å². The fourth-order valence-corrected chi connectivity index (χ4v) is 3.09. The number of amides is 1. The smallest absolute Gasteiger partial charge is 0.231 e. The second-order valence-corrected chi connectivity index (χ2v) is 5.44. The molecule has 1 heterocycles. The van der Waals surface area contributed by atoms with Gasteiger partial charge in [-0.2, -0.15) is 0 Å². The standard InChI is InChI=1S/C16H20N2O/c17-14-8-4-7-13-9-10-18(16(13)14)15(19)11-12-5-2-1-3-6-12/h4-5,7-8H,1-3,6,9-11,17H2. The topological polar surface area (TPSA) is 46.3 Å². The van der Waals surface area contributed by atoms with E-state index < -0.39 is 0 Å².